The average molecular weight is 370 g/mol. The third kappa shape index (κ3) is 4.40. The molecule has 0 bridgehead atoms. The first-order valence-corrected chi connectivity index (χ1v) is 9.70. The lowest BCUT2D eigenvalue weighted by atomic mass is 10.0. The number of anilines is 1. The first kappa shape index (κ1) is 18.6. The zero-order chi connectivity index (χ0) is 17.9. The van der Waals surface area contributed by atoms with Crippen molar-refractivity contribution in [2.75, 3.05) is 5.32 Å². The second-order valence-electron chi connectivity index (χ2n) is 5.72. The number of carbonyl (C=O) groups excluding carboxylic acids is 1. The number of aryl methyl sites for hydroxylation is 1. The number of amides is 1. The number of carbonyl (C=O) groups is 1. The van der Waals surface area contributed by atoms with Crippen LogP contribution in [0.1, 0.15) is 19.4 Å². The second-order valence-corrected chi connectivity index (χ2v) is 8.61. The molecule has 1 amide bonds. The predicted molar refractivity (Wildman–Crippen MR) is 93.0 cm³/mol. The number of benzene rings is 1. The van der Waals surface area contributed by atoms with Gasteiger partial charge in [-0.05, 0) is 48.1 Å². The van der Waals surface area contributed by atoms with Gasteiger partial charge in [0.1, 0.15) is 16.1 Å². The molecule has 1 aromatic heterocycles. The molecule has 2 rings (SSSR count). The number of halogens is 1. The Bertz CT molecular complexity index is 818. The highest BCUT2D eigenvalue weighted by Gasteiger charge is 2.29. The summed E-state index contributed by atoms with van der Waals surface area (Å²) in [5.41, 5.74) is 1.01. The van der Waals surface area contributed by atoms with Crippen LogP contribution in [-0.4, -0.2) is 20.4 Å². The van der Waals surface area contributed by atoms with Gasteiger partial charge in [0.15, 0.2) is 0 Å². The summed E-state index contributed by atoms with van der Waals surface area (Å²) in [7, 11) is -3.77. The minimum Gasteiger partial charge on any atom is -0.324 e. The lowest BCUT2D eigenvalue weighted by Crippen LogP contribution is -2.46. The minimum atomic E-state index is -3.77. The van der Waals surface area contributed by atoms with E-state index < -0.39 is 27.8 Å². The van der Waals surface area contributed by atoms with Gasteiger partial charge in [0.25, 0.3) is 10.0 Å². The van der Waals surface area contributed by atoms with Crippen molar-refractivity contribution in [3.05, 3.63) is 47.1 Å². The summed E-state index contributed by atoms with van der Waals surface area (Å²) in [4.78, 5) is 12.5. The van der Waals surface area contributed by atoms with E-state index in [9.17, 15) is 17.6 Å². The maximum atomic E-state index is 13.1. The molecule has 2 aromatic rings. The van der Waals surface area contributed by atoms with Crippen LogP contribution in [0.5, 0.6) is 0 Å². The van der Waals surface area contributed by atoms with E-state index in [1.165, 1.54) is 24.3 Å². The summed E-state index contributed by atoms with van der Waals surface area (Å²) in [6.45, 7) is 5.16. The molecule has 0 aliphatic carbocycles. The van der Waals surface area contributed by atoms with Crippen molar-refractivity contribution in [3.8, 4) is 0 Å². The SMILES string of the molecule is Cc1cc(F)ccc1NC(=O)C(NS(=O)(=O)c1cccs1)C(C)C. The van der Waals surface area contributed by atoms with Gasteiger partial charge in [0.05, 0.1) is 0 Å². The van der Waals surface area contributed by atoms with Crippen LogP contribution < -0.4 is 10.0 Å². The van der Waals surface area contributed by atoms with Crippen LogP contribution in [0.3, 0.4) is 0 Å². The maximum Gasteiger partial charge on any atom is 0.250 e. The Hall–Kier alpha value is -1.77. The fraction of sp³-hybridized carbons (Fsp3) is 0.312. The average Bonchev–Trinajstić information content (AvgIpc) is 3.02. The summed E-state index contributed by atoms with van der Waals surface area (Å²) in [5.74, 6) is -1.15. The van der Waals surface area contributed by atoms with Gasteiger partial charge < -0.3 is 5.32 Å². The third-order valence-corrected chi connectivity index (χ3v) is 6.28. The van der Waals surface area contributed by atoms with Gasteiger partial charge in [0.2, 0.25) is 5.91 Å². The van der Waals surface area contributed by atoms with Gasteiger partial charge >= 0.3 is 0 Å². The normalized spacial score (nSPS) is 13.0. The van der Waals surface area contributed by atoms with Gasteiger partial charge in [-0.2, -0.15) is 4.72 Å². The third-order valence-electron chi connectivity index (χ3n) is 3.44. The van der Waals surface area contributed by atoms with E-state index >= 15 is 0 Å². The lowest BCUT2D eigenvalue weighted by molar-refractivity contribution is -0.118. The Balaban J connectivity index is 2.19. The van der Waals surface area contributed by atoms with E-state index in [1.807, 2.05) is 0 Å². The summed E-state index contributed by atoms with van der Waals surface area (Å²) in [6, 6.07) is 6.16. The Labute approximate surface area is 145 Å². The van der Waals surface area contributed by atoms with Crippen molar-refractivity contribution >= 4 is 33.0 Å². The molecular weight excluding hydrogens is 351 g/mol. The second kappa shape index (κ2) is 7.42. The molecule has 0 radical (unpaired) electrons. The number of rotatable bonds is 6. The number of thiophene rings is 1. The Morgan fingerprint density at radius 2 is 1.96 bits per heavy atom. The molecule has 8 heteroatoms. The first-order chi connectivity index (χ1) is 11.2. The van der Waals surface area contributed by atoms with E-state index in [2.05, 4.69) is 10.0 Å². The van der Waals surface area contributed by atoms with Crippen LogP contribution in [0.25, 0.3) is 0 Å². The van der Waals surface area contributed by atoms with Gasteiger partial charge in [-0.25, -0.2) is 12.8 Å². The molecule has 0 fully saturated rings. The molecule has 0 aliphatic rings. The molecule has 0 aliphatic heterocycles. The van der Waals surface area contributed by atoms with Gasteiger partial charge in [-0.15, -0.1) is 11.3 Å². The fourth-order valence-corrected chi connectivity index (χ4v) is 4.47. The molecule has 1 unspecified atom stereocenters. The highest BCUT2D eigenvalue weighted by Crippen LogP contribution is 2.19. The molecule has 1 aromatic carbocycles. The molecule has 5 nitrogen and oxygen atoms in total. The van der Waals surface area contributed by atoms with Crippen molar-refractivity contribution < 1.29 is 17.6 Å². The van der Waals surface area contributed by atoms with Crippen molar-refractivity contribution in [1.82, 2.24) is 4.72 Å². The zero-order valence-corrected chi connectivity index (χ0v) is 15.2. The Morgan fingerprint density at radius 1 is 1.25 bits per heavy atom. The van der Waals surface area contributed by atoms with Gasteiger partial charge in [-0.3, -0.25) is 4.79 Å². The predicted octanol–water partition coefficient (Wildman–Crippen LogP) is 3.14. The lowest BCUT2D eigenvalue weighted by Gasteiger charge is -2.21. The summed E-state index contributed by atoms with van der Waals surface area (Å²) in [5, 5.41) is 4.31. The zero-order valence-electron chi connectivity index (χ0n) is 13.5. The molecule has 1 heterocycles. The van der Waals surface area contributed by atoms with E-state index in [0.29, 0.717) is 11.3 Å². The van der Waals surface area contributed by atoms with Crippen molar-refractivity contribution in [2.45, 2.75) is 31.0 Å². The van der Waals surface area contributed by atoms with E-state index in [0.717, 1.165) is 11.3 Å². The number of hydrogen-bond acceptors (Lipinski definition) is 4. The Kier molecular flexibility index (Phi) is 5.74. The fourth-order valence-electron chi connectivity index (χ4n) is 2.11. The molecule has 0 spiro atoms. The van der Waals surface area contributed by atoms with Crippen LogP contribution in [0.2, 0.25) is 0 Å². The molecule has 24 heavy (non-hydrogen) atoms. The standard InChI is InChI=1S/C16H19FN2O3S2/c1-10(2)15(19-24(21,22)14-5-4-8-23-14)16(20)18-13-7-6-12(17)9-11(13)3/h4-10,15,19H,1-3H3,(H,18,20). The van der Waals surface area contributed by atoms with Crippen LogP contribution >= 0.6 is 11.3 Å². The first-order valence-electron chi connectivity index (χ1n) is 7.33. The highest BCUT2D eigenvalue weighted by molar-refractivity contribution is 7.91. The van der Waals surface area contributed by atoms with E-state index in [1.54, 1.807) is 32.2 Å². The van der Waals surface area contributed by atoms with Crippen LogP contribution in [0, 0.1) is 18.7 Å². The number of sulfonamides is 1. The molecule has 130 valence electrons. The van der Waals surface area contributed by atoms with Gasteiger partial charge in [0, 0.05) is 5.69 Å². The van der Waals surface area contributed by atoms with Crippen LogP contribution in [0.4, 0.5) is 10.1 Å². The van der Waals surface area contributed by atoms with Crippen molar-refractivity contribution in [3.63, 3.8) is 0 Å². The van der Waals surface area contributed by atoms with Crippen LogP contribution in [-0.2, 0) is 14.8 Å². The monoisotopic (exact) mass is 370 g/mol. The number of hydrogen-bond donors (Lipinski definition) is 2. The maximum absolute atomic E-state index is 13.1. The molecular formula is C16H19FN2O3S2. The van der Waals surface area contributed by atoms with Crippen molar-refractivity contribution in [2.24, 2.45) is 5.92 Å². The van der Waals surface area contributed by atoms with Gasteiger partial charge in [-0.1, -0.05) is 19.9 Å². The molecule has 0 saturated carbocycles. The van der Waals surface area contributed by atoms with Crippen molar-refractivity contribution in [1.29, 1.82) is 0 Å². The summed E-state index contributed by atoms with van der Waals surface area (Å²) < 4.78 is 40.4. The smallest absolute Gasteiger partial charge is 0.250 e. The number of nitrogens with one attached hydrogen (secondary N) is 2. The highest BCUT2D eigenvalue weighted by atomic mass is 32.2. The van der Waals surface area contributed by atoms with Crippen LogP contribution in [0.15, 0.2) is 39.9 Å². The molecule has 2 N–H and O–H groups in total. The minimum absolute atomic E-state index is 0.152. The topological polar surface area (TPSA) is 75.3 Å². The van der Waals surface area contributed by atoms with E-state index in [-0.39, 0.29) is 10.1 Å². The summed E-state index contributed by atoms with van der Waals surface area (Å²) >= 11 is 1.08. The largest absolute Gasteiger partial charge is 0.324 e. The Morgan fingerprint density at radius 3 is 2.50 bits per heavy atom. The quantitative estimate of drug-likeness (QED) is 0.820. The molecule has 1 atom stereocenters. The molecule has 0 saturated heterocycles. The van der Waals surface area contributed by atoms with E-state index in [4.69, 9.17) is 0 Å². The summed E-state index contributed by atoms with van der Waals surface area (Å²) in [6.07, 6.45) is 0.